The van der Waals surface area contributed by atoms with Gasteiger partial charge in [0, 0.05) is 6.20 Å². The van der Waals surface area contributed by atoms with Gasteiger partial charge in [-0.15, -0.1) is 0 Å². The van der Waals surface area contributed by atoms with E-state index in [2.05, 4.69) is 35.4 Å². The second kappa shape index (κ2) is 6.55. The van der Waals surface area contributed by atoms with Crippen LogP contribution in [-0.2, 0) is 0 Å². The molecule has 0 amide bonds. The Hall–Kier alpha value is -1.15. The fourth-order valence-corrected chi connectivity index (χ4v) is 2.39. The van der Waals surface area contributed by atoms with E-state index in [-0.39, 0.29) is 0 Å². The Balaban J connectivity index is 2.15. The van der Waals surface area contributed by atoms with E-state index in [0.29, 0.717) is 6.04 Å². The number of nitrogens with zero attached hydrogens (tertiary/aromatic N) is 1. The Morgan fingerprint density at radius 1 is 1.35 bits per heavy atom. The van der Waals surface area contributed by atoms with Gasteiger partial charge in [0.1, 0.15) is 0 Å². The normalized spacial score (nSPS) is 17.6. The van der Waals surface area contributed by atoms with Crippen LogP contribution in [0.2, 0.25) is 0 Å². The van der Waals surface area contributed by atoms with E-state index in [0.717, 1.165) is 18.7 Å². The summed E-state index contributed by atoms with van der Waals surface area (Å²) in [6.07, 6.45) is 10.6. The highest BCUT2D eigenvalue weighted by Gasteiger charge is 2.18. The van der Waals surface area contributed by atoms with Crippen molar-refractivity contribution in [3.8, 4) is 0 Å². The molecule has 0 saturated heterocycles. The molecule has 0 bridgehead atoms. The first-order chi connectivity index (χ1) is 8.42. The Labute approximate surface area is 104 Å². The van der Waals surface area contributed by atoms with Crippen LogP contribution >= 0.6 is 0 Å². The zero-order valence-corrected chi connectivity index (χ0v) is 10.7. The highest BCUT2D eigenvalue weighted by Crippen LogP contribution is 2.28. The minimum absolute atomic E-state index is 0.330. The standard InChI is InChI=1S/C15H22N2/c1-2-11-17-15(13-8-4-3-5-9-13)14-10-6-7-12-16-14/h6-8,10,12,15,17H,2-5,9,11H2,1H3. The van der Waals surface area contributed by atoms with Gasteiger partial charge >= 0.3 is 0 Å². The quantitative estimate of drug-likeness (QED) is 0.781. The molecule has 0 aliphatic heterocycles. The van der Waals surface area contributed by atoms with Gasteiger partial charge in [0.2, 0.25) is 0 Å². The molecule has 1 atom stereocenters. The zero-order valence-electron chi connectivity index (χ0n) is 10.7. The first-order valence-corrected chi connectivity index (χ1v) is 6.75. The molecule has 2 nitrogen and oxygen atoms in total. The van der Waals surface area contributed by atoms with Crippen molar-refractivity contribution < 1.29 is 0 Å². The van der Waals surface area contributed by atoms with Crippen LogP contribution in [0, 0.1) is 0 Å². The predicted octanol–water partition coefficient (Wildman–Crippen LogP) is 3.62. The first kappa shape index (κ1) is 12.3. The van der Waals surface area contributed by atoms with Gasteiger partial charge in [0.25, 0.3) is 0 Å². The maximum Gasteiger partial charge on any atom is 0.0710 e. The number of rotatable bonds is 5. The number of hydrogen-bond acceptors (Lipinski definition) is 2. The molecule has 1 heterocycles. The van der Waals surface area contributed by atoms with Crippen LogP contribution in [0.1, 0.15) is 50.8 Å². The van der Waals surface area contributed by atoms with Crippen molar-refractivity contribution >= 4 is 0 Å². The molecule has 0 fully saturated rings. The molecular weight excluding hydrogens is 208 g/mol. The molecule has 1 unspecified atom stereocenters. The van der Waals surface area contributed by atoms with E-state index in [9.17, 15) is 0 Å². The number of pyridine rings is 1. The lowest BCUT2D eigenvalue weighted by Crippen LogP contribution is -2.25. The molecule has 0 radical (unpaired) electrons. The van der Waals surface area contributed by atoms with Crippen molar-refractivity contribution in [3.05, 3.63) is 41.7 Å². The Kier molecular flexibility index (Phi) is 4.75. The fraction of sp³-hybridized carbons (Fsp3) is 0.533. The van der Waals surface area contributed by atoms with E-state index in [1.54, 1.807) is 0 Å². The Morgan fingerprint density at radius 3 is 2.94 bits per heavy atom. The molecule has 1 aromatic rings. The van der Waals surface area contributed by atoms with Crippen molar-refractivity contribution in [2.45, 2.75) is 45.1 Å². The second-order valence-electron chi connectivity index (χ2n) is 4.67. The maximum absolute atomic E-state index is 4.50. The molecule has 2 rings (SSSR count). The average molecular weight is 230 g/mol. The summed E-state index contributed by atoms with van der Waals surface area (Å²) < 4.78 is 0. The van der Waals surface area contributed by atoms with Crippen LogP contribution in [0.3, 0.4) is 0 Å². The molecule has 1 aromatic heterocycles. The van der Waals surface area contributed by atoms with Crippen molar-refractivity contribution in [3.63, 3.8) is 0 Å². The minimum atomic E-state index is 0.330. The van der Waals surface area contributed by atoms with E-state index >= 15 is 0 Å². The molecule has 0 saturated carbocycles. The summed E-state index contributed by atoms with van der Waals surface area (Å²) in [5.41, 5.74) is 2.69. The summed E-state index contributed by atoms with van der Waals surface area (Å²) in [7, 11) is 0. The van der Waals surface area contributed by atoms with Gasteiger partial charge in [-0.1, -0.05) is 24.6 Å². The molecule has 17 heavy (non-hydrogen) atoms. The van der Waals surface area contributed by atoms with Crippen LogP contribution in [0.15, 0.2) is 36.0 Å². The molecule has 1 aliphatic carbocycles. The molecule has 2 heteroatoms. The summed E-state index contributed by atoms with van der Waals surface area (Å²) in [6, 6.07) is 6.52. The minimum Gasteiger partial charge on any atom is -0.305 e. The predicted molar refractivity (Wildman–Crippen MR) is 71.8 cm³/mol. The van der Waals surface area contributed by atoms with Crippen LogP contribution < -0.4 is 5.32 Å². The Morgan fingerprint density at radius 2 is 2.29 bits per heavy atom. The third-order valence-electron chi connectivity index (χ3n) is 3.28. The molecular formula is C15H22N2. The van der Waals surface area contributed by atoms with E-state index in [1.807, 2.05) is 12.3 Å². The SMILES string of the molecule is CCCNC(C1=CCCCC1)c1ccccn1. The summed E-state index contributed by atoms with van der Waals surface area (Å²) in [5.74, 6) is 0. The summed E-state index contributed by atoms with van der Waals surface area (Å²) in [6.45, 7) is 3.26. The number of aromatic nitrogens is 1. The van der Waals surface area contributed by atoms with Crippen molar-refractivity contribution in [1.29, 1.82) is 0 Å². The highest BCUT2D eigenvalue weighted by molar-refractivity contribution is 5.23. The van der Waals surface area contributed by atoms with Gasteiger partial charge in [-0.3, -0.25) is 4.98 Å². The van der Waals surface area contributed by atoms with Crippen LogP contribution in [0.5, 0.6) is 0 Å². The van der Waals surface area contributed by atoms with Gasteiger partial charge in [0.15, 0.2) is 0 Å². The van der Waals surface area contributed by atoms with Gasteiger partial charge in [-0.25, -0.2) is 0 Å². The smallest absolute Gasteiger partial charge is 0.0710 e. The number of allylic oxidation sites excluding steroid dienone is 1. The zero-order chi connectivity index (χ0) is 11.9. The maximum atomic E-state index is 4.50. The largest absolute Gasteiger partial charge is 0.305 e. The Bertz CT molecular complexity index is 356. The third-order valence-corrected chi connectivity index (χ3v) is 3.28. The summed E-state index contributed by atoms with van der Waals surface area (Å²) >= 11 is 0. The van der Waals surface area contributed by atoms with Gasteiger partial charge in [0.05, 0.1) is 11.7 Å². The van der Waals surface area contributed by atoms with Gasteiger partial charge in [-0.05, 0) is 50.8 Å². The third kappa shape index (κ3) is 3.40. The average Bonchev–Trinajstić information content (AvgIpc) is 2.42. The monoisotopic (exact) mass is 230 g/mol. The summed E-state index contributed by atoms with van der Waals surface area (Å²) in [4.78, 5) is 4.50. The van der Waals surface area contributed by atoms with E-state index in [1.165, 1.54) is 31.3 Å². The fourth-order valence-electron chi connectivity index (χ4n) is 2.39. The number of hydrogen-bond donors (Lipinski definition) is 1. The lowest BCUT2D eigenvalue weighted by Gasteiger charge is -2.24. The molecule has 1 N–H and O–H groups in total. The molecule has 1 aliphatic rings. The van der Waals surface area contributed by atoms with Gasteiger partial charge < -0.3 is 5.32 Å². The van der Waals surface area contributed by atoms with E-state index in [4.69, 9.17) is 0 Å². The van der Waals surface area contributed by atoms with E-state index < -0.39 is 0 Å². The lowest BCUT2D eigenvalue weighted by molar-refractivity contribution is 0.537. The highest BCUT2D eigenvalue weighted by atomic mass is 14.9. The van der Waals surface area contributed by atoms with Crippen LogP contribution in [0.4, 0.5) is 0 Å². The van der Waals surface area contributed by atoms with Crippen LogP contribution in [0.25, 0.3) is 0 Å². The summed E-state index contributed by atoms with van der Waals surface area (Å²) in [5, 5.41) is 3.62. The molecule has 0 spiro atoms. The van der Waals surface area contributed by atoms with Crippen molar-refractivity contribution in [2.24, 2.45) is 0 Å². The van der Waals surface area contributed by atoms with Crippen molar-refractivity contribution in [1.82, 2.24) is 10.3 Å². The van der Waals surface area contributed by atoms with Crippen molar-refractivity contribution in [2.75, 3.05) is 6.54 Å². The molecule has 92 valence electrons. The number of nitrogens with one attached hydrogen (secondary N) is 1. The second-order valence-corrected chi connectivity index (χ2v) is 4.67. The van der Waals surface area contributed by atoms with Crippen LogP contribution in [-0.4, -0.2) is 11.5 Å². The van der Waals surface area contributed by atoms with Gasteiger partial charge in [-0.2, -0.15) is 0 Å². The topological polar surface area (TPSA) is 24.9 Å². The molecule has 0 aromatic carbocycles. The lowest BCUT2D eigenvalue weighted by atomic mass is 9.92. The first-order valence-electron chi connectivity index (χ1n) is 6.75.